The van der Waals surface area contributed by atoms with Crippen molar-refractivity contribution in [3.8, 4) is 11.5 Å². The number of ether oxygens (including phenoxy) is 4. The summed E-state index contributed by atoms with van der Waals surface area (Å²) in [6.45, 7) is 14.5. The van der Waals surface area contributed by atoms with Gasteiger partial charge >= 0.3 is 24.1 Å². The maximum absolute atomic E-state index is 13.9. The molecule has 0 radical (unpaired) electrons. The zero-order valence-corrected chi connectivity index (χ0v) is 31.2. The fourth-order valence-electron chi connectivity index (χ4n) is 4.93. The number of unbranched alkanes of at least 4 members (excludes halogenated alkanes) is 2. The Balaban J connectivity index is 1.71. The molecular formula is C36H42N4O10S2. The molecule has 2 heterocycles. The van der Waals surface area contributed by atoms with Gasteiger partial charge in [0.1, 0.15) is 18.8 Å². The first kappa shape index (κ1) is 39.8. The number of thioether (sulfide) groups is 2. The minimum atomic E-state index is -0.856. The number of carbonyl (C=O) groups excluding carboxylic acids is 6. The van der Waals surface area contributed by atoms with E-state index in [2.05, 4.69) is 23.8 Å². The zero-order chi connectivity index (χ0) is 37.9. The van der Waals surface area contributed by atoms with E-state index in [9.17, 15) is 28.8 Å². The van der Waals surface area contributed by atoms with Crippen LogP contribution < -0.4 is 20.1 Å². The highest BCUT2D eigenvalue weighted by Crippen LogP contribution is 2.62. The quantitative estimate of drug-likeness (QED) is 0.0909. The van der Waals surface area contributed by atoms with E-state index in [-0.39, 0.29) is 54.5 Å². The van der Waals surface area contributed by atoms with Crippen molar-refractivity contribution in [2.24, 2.45) is 0 Å². The summed E-state index contributed by atoms with van der Waals surface area (Å²) in [5.41, 5.74) is 0.409. The minimum Gasteiger partial charge on any atom is -0.460 e. The van der Waals surface area contributed by atoms with Crippen molar-refractivity contribution in [1.29, 1.82) is 0 Å². The van der Waals surface area contributed by atoms with E-state index in [4.69, 9.17) is 18.9 Å². The number of rotatable bonds is 16. The molecule has 0 unspecified atom stereocenters. The molecule has 4 amide bonds. The molecular weight excluding hydrogens is 713 g/mol. The number of nitrogens with zero attached hydrogens (tertiary/aromatic N) is 2. The lowest BCUT2D eigenvalue weighted by Gasteiger charge is -2.27. The van der Waals surface area contributed by atoms with Crippen LogP contribution in [0.1, 0.15) is 53.4 Å². The number of carbonyl (C=O) groups is 6. The van der Waals surface area contributed by atoms with Gasteiger partial charge in [-0.2, -0.15) is 0 Å². The fraction of sp³-hybridized carbons (Fsp3) is 0.389. The number of nitrogens with one attached hydrogen (secondary N) is 2. The predicted octanol–water partition coefficient (Wildman–Crippen LogP) is 5.85. The molecule has 52 heavy (non-hydrogen) atoms. The highest BCUT2D eigenvalue weighted by molar-refractivity contribution is 8.25. The monoisotopic (exact) mass is 754 g/mol. The number of hydrazine groups is 1. The van der Waals surface area contributed by atoms with E-state index in [0.29, 0.717) is 50.7 Å². The van der Waals surface area contributed by atoms with Gasteiger partial charge < -0.3 is 29.6 Å². The third kappa shape index (κ3) is 9.47. The topological polar surface area (TPSA) is 170 Å². The lowest BCUT2D eigenvalue weighted by Crippen LogP contribution is -2.42. The van der Waals surface area contributed by atoms with Gasteiger partial charge in [0.15, 0.2) is 11.5 Å². The molecule has 16 heteroatoms. The first-order chi connectivity index (χ1) is 24.9. The molecule has 1 saturated heterocycles. The molecule has 2 aromatic rings. The average Bonchev–Trinajstić information content (AvgIpc) is 3.65. The molecule has 0 atom stereocenters. The van der Waals surface area contributed by atoms with Gasteiger partial charge in [-0.1, -0.05) is 87.6 Å². The van der Waals surface area contributed by atoms with Crippen molar-refractivity contribution >= 4 is 70.2 Å². The molecule has 0 saturated carbocycles. The van der Waals surface area contributed by atoms with Crippen LogP contribution in [0.5, 0.6) is 11.5 Å². The maximum atomic E-state index is 13.9. The Bertz CT molecular complexity index is 1700. The molecule has 4 rings (SSSR count). The smallest absolute Gasteiger partial charge is 0.412 e. The van der Waals surface area contributed by atoms with Crippen LogP contribution in [-0.2, 0) is 28.7 Å². The SMILES string of the molecule is C=C(C)C(=O)OCCNC(=O)Oc1c2c(c(OC(=O)NCCOC(=O)C(=C)C)c3ccccc13)SC(=C1C(=O)N(CCCC)N(CCCC)C1=O)S2. The third-order valence-corrected chi connectivity index (χ3v) is 10.2. The van der Waals surface area contributed by atoms with E-state index < -0.39 is 35.9 Å². The zero-order valence-electron chi connectivity index (χ0n) is 29.6. The van der Waals surface area contributed by atoms with Crippen molar-refractivity contribution in [2.45, 2.75) is 63.2 Å². The molecule has 2 N–H and O–H groups in total. The lowest BCUT2D eigenvalue weighted by molar-refractivity contribution is -0.147. The highest BCUT2D eigenvalue weighted by atomic mass is 32.2. The molecule has 0 bridgehead atoms. The second kappa shape index (κ2) is 18.5. The van der Waals surface area contributed by atoms with Gasteiger partial charge in [-0.3, -0.25) is 9.59 Å². The largest absolute Gasteiger partial charge is 0.460 e. The van der Waals surface area contributed by atoms with Crippen LogP contribution in [0.2, 0.25) is 0 Å². The summed E-state index contributed by atoms with van der Waals surface area (Å²) >= 11 is 2.13. The number of esters is 2. The normalized spacial score (nSPS) is 13.6. The van der Waals surface area contributed by atoms with Crippen LogP contribution in [0.3, 0.4) is 0 Å². The van der Waals surface area contributed by atoms with Crippen molar-refractivity contribution in [1.82, 2.24) is 20.7 Å². The van der Waals surface area contributed by atoms with E-state index >= 15 is 0 Å². The number of amides is 4. The molecule has 14 nitrogen and oxygen atoms in total. The van der Waals surface area contributed by atoms with Crippen LogP contribution in [0.15, 0.2) is 68.2 Å². The number of hydrogen-bond acceptors (Lipinski definition) is 12. The highest BCUT2D eigenvalue weighted by Gasteiger charge is 2.45. The van der Waals surface area contributed by atoms with Crippen LogP contribution in [0.4, 0.5) is 9.59 Å². The van der Waals surface area contributed by atoms with Gasteiger partial charge in [0.25, 0.3) is 11.8 Å². The number of hydrogen-bond donors (Lipinski definition) is 2. The second-order valence-electron chi connectivity index (χ2n) is 11.8. The van der Waals surface area contributed by atoms with E-state index in [1.807, 2.05) is 13.8 Å². The van der Waals surface area contributed by atoms with Crippen molar-refractivity contribution in [3.63, 3.8) is 0 Å². The van der Waals surface area contributed by atoms with Crippen molar-refractivity contribution in [2.75, 3.05) is 39.4 Å². The Morgan fingerprint density at radius 1 is 0.712 bits per heavy atom. The molecule has 1 fully saturated rings. The standard InChI is InChI=1S/C36H42N4O10S2/c1-7-9-17-39-30(41)25(31(42)40(39)18-10-8-2)34-51-28-26(49-35(45)37-15-19-47-32(43)21(3)4)23-13-11-12-14-24(23)27(29(28)52-34)50-36(46)38-16-20-48-33(44)22(5)6/h11-14H,3,5,7-10,15-20H2,1-2,4,6H3,(H,37,45)(H,38,46). The summed E-state index contributed by atoms with van der Waals surface area (Å²) < 4.78 is 22.1. The van der Waals surface area contributed by atoms with E-state index in [1.54, 1.807) is 24.3 Å². The van der Waals surface area contributed by atoms with Crippen LogP contribution in [0.25, 0.3) is 10.8 Å². The Kier molecular flexibility index (Phi) is 14.2. The Morgan fingerprint density at radius 3 is 1.48 bits per heavy atom. The van der Waals surface area contributed by atoms with E-state index in [1.165, 1.54) is 23.9 Å². The van der Waals surface area contributed by atoms with Gasteiger partial charge in [-0.05, 0) is 26.7 Å². The fourth-order valence-corrected chi connectivity index (χ4v) is 7.63. The summed E-state index contributed by atoms with van der Waals surface area (Å²) in [7, 11) is 0. The lowest BCUT2D eigenvalue weighted by atomic mass is 10.1. The number of benzene rings is 2. The third-order valence-electron chi connectivity index (χ3n) is 7.56. The summed E-state index contributed by atoms with van der Waals surface area (Å²) in [4.78, 5) is 78.1. The minimum absolute atomic E-state index is 0.0214. The molecule has 0 aromatic heterocycles. The number of fused-ring (bicyclic) bond motifs is 2. The Labute approximate surface area is 310 Å². The molecule has 2 aromatic carbocycles. The molecule has 2 aliphatic rings. The first-order valence-corrected chi connectivity index (χ1v) is 18.4. The Morgan fingerprint density at radius 2 is 1.12 bits per heavy atom. The van der Waals surface area contributed by atoms with Crippen LogP contribution in [0, 0.1) is 0 Å². The molecule has 0 aliphatic carbocycles. The van der Waals surface area contributed by atoms with Gasteiger partial charge in [0.2, 0.25) is 0 Å². The molecule has 0 spiro atoms. The van der Waals surface area contributed by atoms with Crippen molar-refractivity contribution < 1.29 is 47.7 Å². The molecule has 2 aliphatic heterocycles. The summed E-state index contributed by atoms with van der Waals surface area (Å²) in [5.74, 6) is -1.85. The second-order valence-corrected chi connectivity index (χ2v) is 14.1. The van der Waals surface area contributed by atoms with Gasteiger partial charge in [-0.25, -0.2) is 29.2 Å². The van der Waals surface area contributed by atoms with Crippen LogP contribution >= 0.6 is 23.5 Å². The van der Waals surface area contributed by atoms with Gasteiger partial charge in [0.05, 0.1) is 27.1 Å². The first-order valence-electron chi connectivity index (χ1n) is 16.8. The van der Waals surface area contributed by atoms with Crippen molar-refractivity contribution in [3.05, 3.63) is 58.4 Å². The average molecular weight is 755 g/mol. The summed E-state index contributed by atoms with van der Waals surface area (Å²) in [5, 5.41) is 8.88. The van der Waals surface area contributed by atoms with E-state index in [0.717, 1.165) is 36.4 Å². The summed E-state index contributed by atoms with van der Waals surface area (Å²) in [6.07, 6.45) is 1.34. The van der Waals surface area contributed by atoms with Gasteiger partial charge in [0, 0.05) is 35.0 Å². The predicted molar refractivity (Wildman–Crippen MR) is 196 cm³/mol. The Hall–Kier alpha value is -4.96. The van der Waals surface area contributed by atoms with Gasteiger partial charge in [-0.15, -0.1) is 0 Å². The maximum Gasteiger partial charge on any atom is 0.412 e. The molecule has 278 valence electrons. The summed E-state index contributed by atoms with van der Waals surface area (Å²) in [6, 6.07) is 6.78. The van der Waals surface area contributed by atoms with Crippen LogP contribution in [-0.4, -0.2) is 85.4 Å².